The fourth-order valence-electron chi connectivity index (χ4n) is 1.94. The van der Waals surface area contributed by atoms with Crippen LogP contribution in [-0.4, -0.2) is 81.1 Å². The molecule has 0 N–H and O–H groups in total. The highest BCUT2D eigenvalue weighted by atomic mass is 31.1. The van der Waals surface area contributed by atoms with Crippen LogP contribution in [0.5, 0.6) is 0 Å². The van der Waals surface area contributed by atoms with Crippen LogP contribution >= 0.6 is 8.58 Å². The minimum Gasteiger partial charge on any atom is -0.277 e. The van der Waals surface area contributed by atoms with Gasteiger partial charge in [0.15, 0.2) is 0 Å². The van der Waals surface area contributed by atoms with Crippen molar-refractivity contribution in [2.24, 2.45) is 0 Å². The van der Waals surface area contributed by atoms with Gasteiger partial charge in [-0.3, -0.25) is 4.84 Å². The Balaban J connectivity index is 0.000000223. The molecule has 0 bridgehead atoms. The highest BCUT2D eigenvalue weighted by Gasteiger charge is 2.84. The monoisotopic (exact) mass is 417 g/mol. The Morgan fingerprint density at radius 3 is 2.15 bits per heavy atom. The molecule has 0 aromatic carbocycles. The van der Waals surface area contributed by atoms with Gasteiger partial charge < -0.3 is 0 Å². The molecule has 7 nitrogen and oxygen atoms in total. The van der Waals surface area contributed by atoms with Crippen LogP contribution in [0, 0.1) is 0 Å². The van der Waals surface area contributed by atoms with Crippen molar-refractivity contribution in [3.05, 3.63) is 18.3 Å². The van der Waals surface area contributed by atoms with Crippen molar-refractivity contribution in [3.8, 4) is 0 Å². The molecule has 0 unspecified atom stereocenters. The molecule has 0 radical (unpaired) electrons. The second-order valence-corrected chi connectivity index (χ2v) is 7.33. The van der Waals surface area contributed by atoms with Crippen LogP contribution in [-0.2, 0) is 0 Å². The third kappa shape index (κ3) is 3.92. The van der Waals surface area contributed by atoms with E-state index >= 15 is 0 Å². The molecule has 0 amide bonds. The molecule has 0 saturated carbocycles. The second-order valence-electron chi connectivity index (χ2n) is 5.82. The van der Waals surface area contributed by atoms with Crippen LogP contribution in [0.25, 0.3) is 11.2 Å². The maximum atomic E-state index is 11.6. The van der Waals surface area contributed by atoms with Gasteiger partial charge in [0.05, 0.1) is 28.2 Å². The first-order chi connectivity index (χ1) is 12.3. The van der Waals surface area contributed by atoms with E-state index in [0.29, 0.717) is 17.2 Å². The van der Waals surface area contributed by atoms with Crippen molar-refractivity contribution >= 4 is 25.8 Å². The van der Waals surface area contributed by atoms with Crippen molar-refractivity contribution in [3.63, 3.8) is 0 Å². The third-order valence-corrected chi connectivity index (χ3v) is 4.47. The number of hydrogen-bond donors (Lipinski definition) is 0. The first-order valence-corrected chi connectivity index (χ1v) is 8.29. The number of aromatic nitrogens is 4. The summed E-state index contributed by atoms with van der Waals surface area (Å²) in [6.07, 6.45) is 1.68. The summed E-state index contributed by atoms with van der Waals surface area (Å²) in [5.74, 6) is -5.14. The standard InChI is InChI=1S/C10H15N6O.C3HF6P/c1-14(2)10(15(3)4)17-16-9-8(12-13-16)6-5-7-11-9;4-1(5)2(6,7)10-3(1,8)9/h5-7H,1-4H3;10H/q+1;. The zero-order valence-corrected chi connectivity index (χ0v) is 15.6. The molecule has 0 aliphatic carbocycles. The van der Waals surface area contributed by atoms with Crippen molar-refractivity contribution in [2.45, 2.75) is 17.2 Å². The number of amidine groups is 1. The van der Waals surface area contributed by atoms with E-state index in [2.05, 4.69) is 15.3 Å². The largest absolute Gasteiger partial charge is 0.472 e. The van der Waals surface area contributed by atoms with Gasteiger partial charge in [-0.1, -0.05) is 0 Å². The lowest BCUT2D eigenvalue weighted by atomic mass is 10.3. The second kappa shape index (κ2) is 7.10. The van der Waals surface area contributed by atoms with Gasteiger partial charge in [-0.2, -0.15) is 26.3 Å². The fourth-order valence-corrected chi connectivity index (χ4v) is 2.77. The zero-order valence-electron chi connectivity index (χ0n) is 14.6. The SMILES string of the molecule is CN(C)C(On1nnc2cccnc21)=[N+](C)C.FC1(F)PC(F)(F)C1(F)F. The van der Waals surface area contributed by atoms with E-state index < -0.39 is 25.8 Å². The molecule has 0 atom stereocenters. The molecule has 2 aromatic heterocycles. The molecular weight excluding hydrogens is 401 g/mol. The summed E-state index contributed by atoms with van der Waals surface area (Å²) in [4.78, 5) is 13.0. The molecular formula is C13H16F6N6OP+. The molecule has 1 saturated heterocycles. The Kier molecular flexibility index (Phi) is 5.56. The van der Waals surface area contributed by atoms with Gasteiger partial charge in [0.25, 0.3) is 0 Å². The van der Waals surface area contributed by atoms with E-state index in [0.717, 1.165) is 0 Å². The number of nitrogens with zero attached hydrogens (tertiary/aromatic N) is 6. The quantitative estimate of drug-likeness (QED) is 0.234. The molecule has 27 heavy (non-hydrogen) atoms. The number of halogens is 6. The Labute approximate surface area is 151 Å². The number of alkyl halides is 6. The molecule has 1 fully saturated rings. The van der Waals surface area contributed by atoms with E-state index in [1.165, 1.54) is 4.85 Å². The number of pyridine rings is 1. The molecule has 3 heterocycles. The van der Waals surface area contributed by atoms with E-state index in [1.807, 2.05) is 49.8 Å². The highest BCUT2D eigenvalue weighted by molar-refractivity contribution is 7.43. The van der Waals surface area contributed by atoms with Gasteiger partial charge in [0, 0.05) is 14.8 Å². The summed E-state index contributed by atoms with van der Waals surface area (Å²) < 4.78 is 71.4. The van der Waals surface area contributed by atoms with Gasteiger partial charge in [-0.25, -0.2) is 14.5 Å². The zero-order chi connectivity index (χ0) is 20.6. The fraction of sp³-hybridized carbons (Fsp3) is 0.538. The van der Waals surface area contributed by atoms with Crippen LogP contribution in [0.15, 0.2) is 18.3 Å². The predicted octanol–water partition coefficient (Wildman–Crippen LogP) is 1.94. The molecule has 0 spiro atoms. The van der Waals surface area contributed by atoms with Crippen LogP contribution < -0.4 is 4.84 Å². The van der Waals surface area contributed by atoms with E-state index in [4.69, 9.17) is 4.84 Å². The van der Waals surface area contributed by atoms with E-state index in [1.54, 1.807) is 6.20 Å². The van der Waals surface area contributed by atoms with Gasteiger partial charge in [0.2, 0.25) is 5.65 Å². The lowest BCUT2D eigenvalue weighted by Gasteiger charge is -2.42. The van der Waals surface area contributed by atoms with Crippen molar-refractivity contribution in [2.75, 3.05) is 28.2 Å². The molecule has 150 valence electrons. The molecule has 1 aliphatic rings. The predicted molar refractivity (Wildman–Crippen MR) is 85.9 cm³/mol. The topological polar surface area (TPSA) is 59.1 Å². The minimum absolute atomic E-state index is 0.591. The summed E-state index contributed by atoms with van der Waals surface area (Å²) in [6.45, 7) is 0. The third-order valence-electron chi connectivity index (χ3n) is 3.22. The summed E-state index contributed by atoms with van der Waals surface area (Å²) in [5, 5.41) is 7.87. The molecule has 2 aromatic rings. The molecule has 14 heteroatoms. The molecule has 1 aliphatic heterocycles. The van der Waals surface area contributed by atoms with Crippen LogP contribution in [0.2, 0.25) is 0 Å². The minimum atomic E-state index is -5.14. The first kappa shape index (κ1) is 21.1. The lowest BCUT2D eigenvalue weighted by Crippen LogP contribution is -2.60. The van der Waals surface area contributed by atoms with Gasteiger partial charge in [-0.15, -0.1) is 5.10 Å². The van der Waals surface area contributed by atoms with Crippen molar-refractivity contribution < 1.29 is 35.8 Å². The number of rotatable bonds is 1. The number of hydrogen-bond acceptors (Lipinski definition) is 4. The van der Waals surface area contributed by atoms with Gasteiger partial charge in [-0.05, 0) is 22.2 Å². The van der Waals surface area contributed by atoms with Crippen molar-refractivity contribution in [1.82, 2.24) is 25.0 Å². The average Bonchev–Trinajstić information content (AvgIpc) is 2.94. The van der Waals surface area contributed by atoms with Crippen molar-refractivity contribution in [1.29, 1.82) is 0 Å². The van der Waals surface area contributed by atoms with Crippen LogP contribution in [0.3, 0.4) is 0 Å². The van der Waals surface area contributed by atoms with E-state index in [9.17, 15) is 26.3 Å². The Bertz CT molecular complexity index is 835. The maximum Gasteiger partial charge on any atom is 0.472 e. The first-order valence-electron chi connectivity index (χ1n) is 7.29. The van der Waals surface area contributed by atoms with Crippen LogP contribution in [0.4, 0.5) is 26.3 Å². The summed E-state index contributed by atoms with van der Waals surface area (Å²) in [6, 6.07) is 4.28. The Hall–Kier alpha value is -2.17. The maximum absolute atomic E-state index is 11.6. The summed E-state index contributed by atoms with van der Waals surface area (Å²) in [7, 11) is 5.27. The summed E-state index contributed by atoms with van der Waals surface area (Å²) in [5.41, 5.74) is -7.72. The van der Waals surface area contributed by atoms with Gasteiger partial charge >= 0.3 is 23.3 Å². The highest BCUT2D eigenvalue weighted by Crippen LogP contribution is 2.72. The van der Waals surface area contributed by atoms with Crippen LogP contribution in [0.1, 0.15) is 0 Å². The Morgan fingerprint density at radius 1 is 1.15 bits per heavy atom. The summed E-state index contributed by atoms with van der Waals surface area (Å²) >= 11 is 0. The number of fused-ring (bicyclic) bond motifs is 1. The smallest absolute Gasteiger partial charge is 0.277 e. The normalized spacial score (nSPS) is 18.7. The Morgan fingerprint density at radius 2 is 1.74 bits per heavy atom. The lowest BCUT2D eigenvalue weighted by molar-refractivity contribution is -0.480. The molecule has 3 rings (SSSR count). The average molecular weight is 417 g/mol. The van der Waals surface area contributed by atoms with E-state index in [-0.39, 0.29) is 0 Å². The van der Waals surface area contributed by atoms with Gasteiger partial charge in [0.1, 0.15) is 5.52 Å².